The van der Waals surface area contributed by atoms with Crippen LogP contribution in [-0.4, -0.2) is 37.1 Å². The van der Waals surface area contributed by atoms with E-state index in [0.717, 1.165) is 17.9 Å². The summed E-state index contributed by atoms with van der Waals surface area (Å²) in [6.45, 7) is 11.8. The van der Waals surface area contributed by atoms with Crippen LogP contribution in [0, 0.1) is 11.8 Å². The van der Waals surface area contributed by atoms with E-state index in [1.54, 1.807) is 0 Å². The van der Waals surface area contributed by atoms with E-state index < -0.39 is 0 Å². The Bertz CT molecular complexity index is 181. The van der Waals surface area contributed by atoms with Crippen LogP contribution in [-0.2, 0) is 0 Å². The van der Waals surface area contributed by atoms with Gasteiger partial charge in [0.1, 0.15) is 0 Å². The largest absolute Gasteiger partial charge is 0.311 e. The molecule has 1 aliphatic rings. The Morgan fingerprint density at radius 1 is 1.40 bits per heavy atom. The van der Waals surface area contributed by atoms with Gasteiger partial charge in [-0.05, 0) is 38.8 Å². The van der Waals surface area contributed by atoms with Crippen LogP contribution >= 0.6 is 0 Å². The molecule has 4 atom stereocenters. The Hall–Kier alpha value is -0.0800. The predicted molar refractivity (Wildman–Crippen MR) is 67.1 cm³/mol. The lowest BCUT2D eigenvalue weighted by Crippen LogP contribution is -2.50. The fourth-order valence-corrected chi connectivity index (χ4v) is 2.46. The molecule has 15 heavy (non-hydrogen) atoms. The molecule has 0 amide bonds. The summed E-state index contributed by atoms with van der Waals surface area (Å²) in [7, 11) is 2.23. The summed E-state index contributed by atoms with van der Waals surface area (Å²) in [5.41, 5.74) is 0. The quantitative estimate of drug-likeness (QED) is 0.769. The van der Waals surface area contributed by atoms with Gasteiger partial charge in [0.2, 0.25) is 0 Å². The minimum absolute atomic E-state index is 0.658. The molecule has 90 valence electrons. The summed E-state index contributed by atoms with van der Waals surface area (Å²) in [5.74, 6) is 1.58. The van der Waals surface area contributed by atoms with Crippen molar-refractivity contribution in [2.45, 2.75) is 52.6 Å². The smallest absolute Gasteiger partial charge is 0.0120 e. The molecule has 1 saturated heterocycles. The molecule has 0 aromatic rings. The highest BCUT2D eigenvalue weighted by atomic mass is 15.1. The summed E-state index contributed by atoms with van der Waals surface area (Å²) in [5, 5.41) is 3.81. The first-order valence-corrected chi connectivity index (χ1v) is 6.49. The van der Waals surface area contributed by atoms with Gasteiger partial charge < -0.3 is 10.2 Å². The number of rotatable bonds is 4. The number of likely N-dealkylation sites (tertiary alicyclic amines) is 1. The van der Waals surface area contributed by atoms with Gasteiger partial charge in [0.05, 0.1) is 0 Å². The van der Waals surface area contributed by atoms with E-state index in [4.69, 9.17) is 0 Å². The lowest BCUT2D eigenvalue weighted by atomic mass is 9.91. The average molecular weight is 212 g/mol. The van der Waals surface area contributed by atoms with Gasteiger partial charge in [0.25, 0.3) is 0 Å². The first kappa shape index (κ1) is 13.0. The third-order valence-corrected chi connectivity index (χ3v) is 4.08. The van der Waals surface area contributed by atoms with Crippen molar-refractivity contribution < 1.29 is 0 Å². The molecule has 0 bridgehead atoms. The third-order valence-electron chi connectivity index (χ3n) is 4.08. The summed E-state index contributed by atoms with van der Waals surface area (Å²) in [6.07, 6.45) is 2.58. The minimum Gasteiger partial charge on any atom is -0.311 e. The van der Waals surface area contributed by atoms with E-state index >= 15 is 0 Å². The fraction of sp³-hybridized carbons (Fsp3) is 1.00. The highest BCUT2D eigenvalue weighted by Crippen LogP contribution is 2.18. The van der Waals surface area contributed by atoms with Gasteiger partial charge in [-0.1, -0.05) is 27.2 Å². The summed E-state index contributed by atoms with van der Waals surface area (Å²) in [6, 6.07) is 1.39. The van der Waals surface area contributed by atoms with E-state index in [9.17, 15) is 0 Å². The van der Waals surface area contributed by atoms with Crippen molar-refractivity contribution >= 4 is 0 Å². The minimum atomic E-state index is 0.658. The summed E-state index contributed by atoms with van der Waals surface area (Å²) < 4.78 is 0. The number of hydrogen-bond acceptors (Lipinski definition) is 2. The molecule has 0 spiro atoms. The van der Waals surface area contributed by atoms with Crippen LogP contribution in [0.4, 0.5) is 0 Å². The predicted octanol–water partition coefficient (Wildman–Crippen LogP) is 2.35. The van der Waals surface area contributed by atoms with Gasteiger partial charge in [-0.25, -0.2) is 0 Å². The molecule has 1 fully saturated rings. The number of nitrogens with zero attached hydrogens (tertiary/aromatic N) is 1. The summed E-state index contributed by atoms with van der Waals surface area (Å²) >= 11 is 0. The van der Waals surface area contributed by atoms with Crippen LogP contribution in [0.5, 0.6) is 0 Å². The molecule has 2 nitrogen and oxygen atoms in total. The Morgan fingerprint density at radius 2 is 2.07 bits per heavy atom. The van der Waals surface area contributed by atoms with Gasteiger partial charge in [-0.2, -0.15) is 0 Å². The van der Waals surface area contributed by atoms with E-state index in [-0.39, 0.29) is 0 Å². The molecule has 0 aromatic carbocycles. The average Bonchev–Trinajstić information content (AvgIpc) is 2.20. The molecule has 1 N–H and O–H groups in total. The van der Waals surface area contributed by atoms with Crippen LogP contribution in [0.2, 0.25) is 0 Å². The zero-order chi connectivity index (χ0) is 11.4. The molecule has 0 radical (unpaired) electrons. The van der Waals surface area contributed by atoms with Crippen LogP contribution in [0.1, 0.15) is 40.5 Å². The third kappa shape index (κ3) is 3.76. The first-order valence-electron chi connectivity index (χ1n) is 6.49. The monoisotopic (exact) mass is 212 g/mol. The molecule has 0 aliphatic carbocycles. The number of nitrogens with one attached hydrogen (secondary N) is 1. The fourth-order valence-electron chi connectivity index (χ4n) is 2.46. The summed E-state index contributed by atoms with van der Waals surface area (Å²) in [4.78, 5) is 2.44. The number of hydrogen-bond donors (Lipinski definition) is 1. The second-order valence-electron chi connectivity index (χ2n) is 5.48. The zero-order valence-electron chi connectivity index (χ0n) is 11.1. The maximum atomic E-state index is 3.81. The van der Waals surface area contributed by atoms with Gasteiger partial charge in [0, 0.05) is 18.6 Å². The van der Waals surface area contributed by atoms with Gasteiger partial charge in [-0.3, -0.25) is 0 Å². The Balaban J connectivity index is 2.37. The van der Waals surface area contributed by atoms with E-state index in [2.05, 4.69) is 45.0 Å². The molecular weight excluding hydrogens is 184 g/mol. The second-order valence-corrected chi connectivity index (χ2v) is 5.48. The standard InChI is InChI=1S/C13H28N2/c1-6-10(2)12(4)14-13-7-8-15(5)9-11(13)3/h10-14H,6-9H2,1-5H3. The van der Waals surface area contributed by atoms with E-state index in [1.165, 1.54) is 25.9 Å². The highest BCUT2D eigenvalue weighted by Gasteiger charge is 2.25. The van der Waals surface area contributed by atoms with Gasteiger partial charge in [0.15, 0.2) is 0 Å². The van der Waals surface area contributed by atoms with Crippen LogP contribution in [0.25, 0.3) is 0 Å². The van der Waals surface area contributed by atoms with Crippen molar-refractivity contribution in [2.75, 3.05) is 20.1 Å². The highest BCUT2D eigenvalue weighted by molar-refractivity contribution is 4.84. The number of piperidine rings is 1. The van der Waals surface area contributed by atoms with Crippen molar-refractivity contribution in [3.63, 3.8) is 0 Å². The Labute approximate surface area is 95.4 Å². The lowest BCUT2D eigenvalue weighted by Gasteiger charge is -2.38. The molecular formula is C13H28N2. The second kappa shape index (κ2) is 5.86. The Morgan fingerprint density at radius 3 is 2.60 bits per heavy atom. The SMILES string of the molecule is CCC(C)C(C)NC1CCN(C)CC1C. The van der Waals surface area contributed by atoms with Gasteiger partial charge >= 0.3 is 0 Å². The Kier molecular flexibility index (Phi) is 5.07. The maximum Gasteiger partial charge on any atom is 0.0120 e. The molecule has 2 heteroatoms. The topological polar surface area (TPSA) is 15.3 Å². The zero-order valence-corrected chi connectivity index (χ0v) is 11.1. The van der Waals surface area contributed by atoms with Crippen molar-refractivity contribution in [2.24, 2.45) is 11.8 Å². The van der Waals surface area contributed by atoms with Crippen molar-refractivity contribution in [3.8, 4) is 0 Å². The van der Waals surface area contributed by atoms with E-state index in [0.29, 0.717) is 6.04 Å². The lowest BCUT2D eigenvalue weighted by molar-refractivity contribution is 0.159. The molecule has 1 heterocycles. The van der Waals surface area contributed by atoms with Crippen molar-refractivity contribution in [1.29, 1.82) is 0 Å². The molecule has 4 unspecified atom stereocenters. The molecule has 0 aromatic heterocycles. The van der Waals surface area contributed by atoms with E-state index in [1.807, 2.05) is 0 Å². The molecule has 1 rings (SSSR count). The van der Waals surface area contributed by atoms with Crippen LogP contribution in [0.15, 0.2) is 0 Å². The molecule has 1 aliphatic heterocycles. The van der Waals surface area contributed by atoms with Crippen molar-refractivity contribution in [1.82, 2.24) is 10.2 Å². The normalized spacial score (nSPS) is 32.6. The first-order chi connectivity index (χ1) is 7.04. The molecule has 0 saturated carbocycles. The van der Waals surface area contributed by atoms with Crippen LogP contribution in [0.3, 0.4) is 0 Å². The van der Waals surface area contributed by atoms with Crippen LogP contribution < -0.4 is 5.32 Å². The van der Waals surface area contributed by atoms with Crippen molar-refractivity contribution in [3.05, 3.63) is 0 Å². The van der Waals surface area contributed by atoms with Gasteiger partial charge in [-0.15, -0.1) is 0 Å². The maximum absolute atomic E-state index is 3.81.